The molecule has 1 aliphatic rings. The van der Waals surface area contributed by atoms with Gasteiger partial charge < -0.3 is 10.4 Å². The van der Waals surface area contributed by atoms with E-state index in [0.29, 0.717) is 10.8 Å². The Morgan fingerprint density at radius 3 is 3.08 bits per heavy atom. The van der Waals surface area contributed by atoms with Crippen molar-refractivity contribution in [1.82, 2.24) is 5.32 Å². The first-order valence-electron chi connectivity index (χ1n) is 4.43. The second kappa shape index (κ2) is 3.20. The molecule has 1 aliphatic heterocycles. The van der Waals surface area contributed by atoms with Crippen LogP contribution in [0.5, 0.6) is 5.75 Å². The molecule has 1 unspecified atom stereocenters. The maximum absolute atomic E-state index is 9.64. The molecule has 0 radical (unpaired) electrons. The van der Waals surface area contributed by atoms with Gasteiger partial charge in [0, 0.05) is 11.1 Å². The van der Waals surface area contributed by atoms with Gasteiger partial charge in [-0.05, 0) is 43.1 Å². The molecular weight excluding hydrogens is 186 g/mol. The Labute approximate surface area is 82.5 Å². The van der Waals surface area contributed by atoms with E-state index in [0.717, 1.165) is 24.1 Å². The molecule has 0 aromatic heterocycles. The molecule has 1 aromatic carbocycles. The van der Waals surface area contributed by atoms with Gasteiger partial charge in [-0.2, -0.15) is 0 Å². The predicted octanol–water partition coefficient (Wildman–Crippen LogP) is 2.25. The van der Waals surface area contributed by atoms with Gasteiger partial charge in [0.15, 0.2) is 0 Å². The fraction of sp³-hybridized carbons (Fsp3) is 0.400. The Hall–Kier alpha value is -0.730. The summed E-state index contributed by atoms with van der Waals surface area (Å²) in [4.78, 5) is 0. The van der Waals surface area contributed by atoms with Crippen molar-refractivity contribution in [3.63, 3.8) is 0 Å². The Bertz CT molecular complexity index is 338. The van der Waals surface area contributed by atoms with Crippen molar-refractivity contribution in [2.24, 2.45) is 0 Å². The molecule has 2 rings (SSSR count). The third kappa shape index (κ3) is 1.52. The van der Waals surface area contributed by atoms with Gasteiger partial charge in [0.05, 0.1) is 0 Å². The van der Waals surface area contributed by atoms with Crippen molar-refractivity contribution in [2.45, 2.75) is 19.4 Å². The second-order valence-electron chi connectivity index (χ2n) is 3.42. The maximum atomic E-state index is 9.64. The van der Waals surface area contributed by atoms with Gasteiger partial charge in [-0.3, -0.25) is 0 Å². The number of halogens is 1. The van der Waals surface area contributed by atoms with Crippen molar-refractivity contribution >= 4 is 11.6 Å². The van der Waals surface area contributed by atoms with E-state index in [2.05, 4.69) is 12.2 Å². The van der Waals surface area contributed by atoms with E-state index in [4.69, 9.17) is 11.6 Å². The average Bonchev–Trinajstić information content (AvgIpc) is 2.07. The first kappa shape index (κ1) is 8.85. The lowest BCUT2D eigenvalue weighted by Gasteiger charge is -2.24. The van der Waals surface area contributed by atoms with Crippen LogP contribution in [-0.2, 0) is 6.42 Å². The van der Waals surface area contributed by atoms with Gasteiger partial charge >= 0.3 is 0 Å². The van der Waals surface area contributed by atoms with E-state index >= 15 is 0 Å². The molecule has 1 heterocycles. The van der Waals surface area contributed by atoms with Gasteiger partial charge in [0.2, 0.25) is 0 Å². The summed E-state index contributed by atoms with van der Waals surface area (Å²) in [6.45, 7) is 3.00. The summed E-state index contributed by atoms with van der Waals surface area (Å²) in [5, 5.41) is 13.6. The highest BCUT2D eigenvalue weighted by molar-refractivity contribution is 6.30. The average molecular weight is 198 g/mol. The molecule has 0 saturated heterocycles. The SMILES string of the molecule is CC1NCCc2c(O)cc(Cl)cc21. The lowest BCUT2D eigenvalue weighted by atomic mass is 9.94. The normalized spacial score (nSPS) is 21.2. The predicted molar refractivity (Wildman–Crippen MR) is 53.2 cm³/mol. The van der Waals surface area contributed by atoms with Crippen molar-refractivity contribution in [3.05, 3.63) is 28.3 Å². The Morgan fingerprint density at radius 1 is 1.54 bits per heavy atom. The van der Waals surface area contributed by atoms with E-state index in [1.165, 1.54) is 0 Å². The summed E-state index contributed by atoms with van der Waals surface area (Å²) >= 11 is 5.86. The fourth-order valence-electron chi connectivity index (χ4n) is 1.83. The molecule has 0 spiro atoms. The van der Waals surface area contributed by atoms with Gasteiger partial charge in [0.25, 0.3) is 0 Å². The van der Waals surface area contributed by atoms with Crippen LogP contribution in [0.1, 0.15) is 24.1 Å². The summed E-state index contributed by atoms with van der Waals surface area (Å²) in [7, 11) is 0. The van der Waals surface area contributed by atoms with Crippen LogP contribution in [0.4, 0.5) is 0 Å². The zero-order valence-corrected chi connectivity index (χ0v) is 8.23. The number of phenols is 1. The molecule has 2 nitrogen and oxygen atoms in total. The summed E-state index contributed by atoms with van der Waals surface area (Å²) in [5.74, 6) is 0.329. The Kier molecular flexibility index (Phi) is 2.18. The highest BCUT2D eigenvalue weighted by Gasteiger charge is 2.18. The maximum Gasteiger partial charge on any atom is 0.120 e. The Balaban J connectivity index is 2.56. The van der Waals surface area contributed by atoms with Crippen molar-refractivity contribution in [1.29, 1.82) is 0 Å². The highest BCUT2D eigenvalue weighted by atomic mass is 35.5. The topological polar surface area (TPSA) is 32.3 Å². The molecule has 0 saturated carbocycles. The number of phenolic OH excluding ortho intramolecular Hbond substituents is 1. The number of hydrogen-bond donors (Lipinski definition) is 2. The monoisotopic (exact) mass is 197 g/mol. The number of nitrogens with one attached hydrogen (secondary N) is 1. The molecule has 0 fully saturated rings. The molecule has 70 valence electrons. The standard InChI is InChI=1S/C10H12ClNO/c1-6-9-4-7(11)5-10(13)8(9)2-3-12-6/h4-6,12-13H,2-3H2,1H3. The number of benzene rings is 1. The van der Waals surface area contributed by atoms with Crippen LogP contribution in [0.3, 0.4) is 0 Å². The first-order valence-corrected chi connectivity index (χ1v) is 4.81. The molecule has 0 amide bonds. The fourth-order valence-corrected chi connectivity index (χ4v) is 2.05. The van der Waals surface area contributed by atoms with Gasteiger partial charge in [-0.15, -0.1) is 0 Å². The zero-order valence-electron chi connectivity index (χ0n) is 7.47. The summed E-state index contributed by atoms with van der Waals surface area (Å²) in [6, 6.07) is 3.82. The van der Waals surface area contributed by atoms with Crippen LogP contribution in [0, 0.1) is 0 Å². The third-order valence-electron chi connectivity index (χ3n) is 2.52. The van der Waals surface area contributed by atoms with Gasteiger partial charge in [-0.1, -0.05) is 11.6 Å². The van der Waals surface area contributed by atoms with Gasteiger partial charge in [0.1, 0.15) is 5.75 Å². The number of fused-ring (bicyclic) bond motifs is 1. The van der Waals surface area contributed by atoms with E-state index in [1.54, 1.807) is 6.07 Å². The summed E-state index contributed by atoms with van der Waals surface area (Å²) in [6.07, 6.45) is 0.878. The molecule has 1 aromatic rings. The molecule has 3 heteroatoms. The van der Waals surface area contributed by atoms with Crippen LogP contribution in [0.15, 0.2) is 12.1 Å². The van der Waals surface area contributed by atoms with Crippen LogP contribution in [-0.4, -0.2) is 11.7 Å². The molecule has 2 N–H and O–H groups in total. The van der Waals surface area contributed by atoms with Crippen molar-refractivity contribution < 1.29 is 5.11 Å². The van der Waals surface area contributed by atoms with Crippen LogP contribution in [0.2, 0.25) is 5.02 Å². The quantitative estimate of drug-likeness (QED) is 0.669. The first-order chi connectivity index (χ1) is 6.18. The van der Waals surface area contributed by atoms with Gasteiger partial charge in [-0.25, -0.2) is 0 Å². The number of hydrogen-bond acceptors (Lipinski definition) is 2. The van der Waals surface area contributed by atoms with E-state index < -0.39 is 0 Å². The minimum absolute atomic E-state index is 0.286. The highest BCUT2D eigenvalue weighted by Crippen LogP contribution is 2.32. The van der Waals surface area contributed by atoms with E-state index in [-0.39, 0.29) is 6.04 Å². The zero-order chi connectivity index (χ0) is 9.42. The lowest BCUT2D eigenvalue weighted by Crippen LogP contribution is -2.27. The van der Waals surface area contributed by atoms with Crippen LogP contribution in [0.25, 0.3) is 0 Å². The van der Waals surface area contributed by atoms with E-state index in [9.17, 15) is 5.11 Å². The summed E-state index contributed by atoms with van der Waals surface area (Å²) in [5.41, 5.74) is 2.16. The van der Waals surface area contributed by atoms with Crippen molar-refractivity contribution in [2.75, 3.05) is 6.54 Å². The molecule has 1 atom stereocenters. The minimum Gasteiger partial charge on any atom is -0.508 e. The second-order valence-corrected chi connectivity index (χ2v) is 3.85. The molecule has 0 bridgehead atoms. The van der Waals surface area contributed by atoms with Crippen LogP contribution >= 0.6 is 11.6 Å². The van der Waals surface area contributed by atoms with Crippen LogP contribution < -0.4 is 5.32 Å². The molecule has 13 heavy (non-hydrogen) atoms. The smallest absolute Gasteiger partial charge is 0.120 e. The van der Waals surface area contributed by atoms with E-state index in [1.807, 2.05) is 6.07 Å². The Morgan fingerprint density at radius 2 is 2.31 bits per heavy atom. The minimum atomic E-state index is 0.286. The lowest BCUT2D eigenvalue weighted by molar-refractivity contribution is 0.452. The number of aromatic hydroxyl groups is 1. The molecule has 0 aliphatic carbocycles. The van der Waals surface area contributed by atoms with Crippen molar-refractivity contribution in [3.8, 4) is 5.75 Å². The molecular formula is C10H12ClNO. The third-order valence-corrected chi connectivity index (χ3v) is 2.74. The number of rotatable bonds is 0. The largest absolute Gasteiger partial charge is 0.508 e. The summed E-state index contributed by atoms with van der Waals surface area (Å²) < 4.78 is 0.